The fraction of sp³-hybridized carbons (Fsp3) is 0.192. The first-order valence-electron chi connectivity index (χ1n) is 10.3. The summed E-state index contributed by atoms with van der Waals surface area (Å²) in [6.07, 6.45) is 3.60. The highest BCUT2D eigenvalue weighted by molar-refractivity contribution is 5.97. The Hall–Kier alpha value is -4.03. The summed E-state index contributed by atoms with van der Waals surface area (Å²) in [4.78, 5) is 27.8. The average molecular weight is 460 g/mol. The standard InChI is InChI=1S/C25H25N5O3.CH4/c26-14-23(25(32)30-33)29-24(31)22-11-9-19(10-12-22)4-3-18-5-7-20(8-6-18)15-28-17-21-2-1-13-27-16-21;/h1-2,5-13,16,23,28,33H,14-15,17,26H2,(H,29,31)(H,30,32);1H4/t23-;/m0./s1. The van der Waals surface area contributed by atoms with Gasteiger partial charge in [0.05, 0.1) is 0 Å². The Morgan fingerprint density at radius 1 is 0.941 bits per heavy atom. The number of nitrogens with zero attached hydrogens (tertiary/aromatic N) is 1. The maximum Gasteiger partial charge on any atom is 0.267 e. The minimum absolute atomic E-state index is 0. The predicted octanol–water partition coefficient (Wildman–Crippen LogP) is 1.97. The van der Waals surface area contributed by atoms with Crippen molar-refractivity contribution in [3.05, 3.63) is 101 Å². The third-order valence-corrected chi connectivity index (χ3v) is 4.80. The number of carbonyl (C=O) groups excluding carboxylic acids is 2. The monoisotopic (exact) mass is 459 g/mol. The summed E-state index contributed by atoms with van der Waals surface area (Å²) in [6, 6.07) is 17.6. The molecule has 176 valence electrons. The molecule has 0 aliphatic heterocycles. The van der Waals surface area contributed by atoms with E-state index in [1.54, 1.807) is 30.5 Å². The minimum Gasteiger partial charge on any atom is -0.339 e. The smallest absolute Gasteiger partial charge is 0.267 e. The maximum absolute atomic E-state index is 12.2. The first kappa shape index (κ1) is 26.2. The second-order valence-corrected chi connectivity index (χ2v) is 7.23. The Kier molecular flexibility index (Phi) is 10.4. The van der Waals surface area contributed by atoms with Gasteiger partial charge in [-0.05, 0) is 53.6 Å². The van der Waals surface area contributed by atoms with Crippen LogP contribution in [0.25, 0.3) is 0 Å². The van der Waals surface area contributed by atoms with Crippen LogP contribution in [0.15, 0.2) is 73.1 Å². The lowest BCUT2D eigenvalue weighted by atomic mass is 10.1. The first-order chi connectivity index (χ1) is 16.1. The molecule has 3 rings (SSSR count). The third-order valence-electron chi connectivity index (χ3n) is 4.80. The number of rotatable bonds is 8. The van der Waals surface area contributed by atoms with Crippen LogP contribution in [-0.2, 0) is 17.9 Å². The molecule has 34 heavy (non-hydrogen) atoms. The third kappa shape index (κ3) is 7.83. The van der Waals surface area contributed by atoms with Crippen molar-refractivity contribution in [1.82, 2.24) is 21.1 Å². The zero-order valence-electron chi connectivity index (χ0n) is 17.9. The molecule has 8 nitrogen and oxygen atoms in total. The second-order valence-electron chi connectivity index (χ2n) is 7.23. The van der Waals surface area contributed by atoms with Crippen LogP contribution in [0.3, 0.4) is 0 Å². The Labute approximate surface area is 199 Å². The van der Waals surface area contributed by atoms with Gasteiger partial charge < -0.3 is 16.4 Å². The van der Waals surface area contributed by atoms with E-state index in [1.807, 2.05) is 42.6 Å². The summed E-state index contributed by atoms with van der Waals surface area (Å²) in [5.74, 6) is 4.93. The first-order valence-corrected chi connectivity index (χ1v) is 10.3. The van der Waals surface area contributed by atoms with E-state index >= 15 is 0 Å². The lowest BCUT2D eigenvalue weighted by Gasteiger charge is -2.14. The van der Waals surface area contributed by atoms with Crippen LogP contribution >= 0.6 is 0 Å². The van der Waals surface area contributed by atoms with Gasteiger partial charge in [0.2, 0.25) is 0 Å². The Bertz CT molecular complexity index is 1120. The van der Waals surface area contributed by atoms with Crippen molar-refractivity contribution in [1.29, 1.82) is 0 Å². The number of benzene rings is 2. The van der Waals surface area contributed by atoms with Crippen molar-refractivity contribution >= 4 is 11.8 Å². The van der Waals surface area contributed by atoms with Crippen molar-refractivity contribution in [2.45, 2.75) is 26.6 Å². The molecule has 6 N–H and O–H groups in total. The number of nitrogens with two attached hydrogens (primary N) is 1. The molecule has 0 fully saturated rings. The lowest BCUT2D eigenvalue weighted by Crippen LogP contribution is -2.50. The van der Waals surface area contributed by atoms with Gasteiger partial charge in [-0.3, -0.25) is 19.8 Å². The van der Waals surface area contributed by atoms with E-state index in [9.17, 15) is 9.59 Å². The fourth-order valence-corrected chi connectivity index (χ4v) is 2.96. The minimum atomic E-state index is -1.02. The van der Waals surface area contributed by atoms with Crippen LogP contribution in [0.4, 0.5) is 0 Å². The van der Waals surface area contributed by atoms with Crippen LogP contribution in [0.2, 0.25) is 0 Å². The molecule has 0 aliphatic carbocycles. The van der Waals surface area contributed by atoms with Crippen molar-refractivity contribution in [3.63, 3.8) is 0 Å². The van der Waals surface area contributed by atoms with Gasteiger partial charge in [-0.25, -0.2) is 5.48 Å². The molecule has 1 atom stereocenters. The molecule has 0 saturated carbocycles. The van der Waals surface area contributed by atoms with Crippen LogP contribution in [-0.4, -0.2) is 34.6 Å². The van der Waals surface area contributed by atoms with Gasteiger partial charge in [0.15, 0.2) is 0 Å². The highest BCUT2D eigenvalue weighted by Gasteiger charge is 2.19. The molecular formula is C26H29N5O3. The average Bonchev–Trinajstić information content (AvgIpc) is 2.87. The Morgan fingerprint density at radius 2 is 1.56 bits per heavy atom. The molecule has 0 saturated heterocycles. The van der Waals surface area contributed by atoms with E-state index in [0.29, 0.717) is 5.56 Å². The summed E-state index contributed by atoms with van der Waals surface area (Å²) in [6.45, 7) is 1.36. The highest BCUT2D eigenvalue weighted by atomic mass is 16.5. The van der Waals surface area contributed by atoms with E-state index in [2.05, 4.69) is 27.5 Å². The summed E-state index contributed by atoms with van der Waals surface area (Å²) in [5.41, 5.74) is 11.2. The van der Waals surface area contributed by atoms with Gasteiger partial charge in [-0.1, -0.05) is 37.5 Å². The molecule has 3 aromatic rings. The molecule has 0 aliphatic rings. The summed E-state index contributed by atoms with van der Waals surface area (Å²) in [7, 11) is 0. The zero-order chi connectivity index (χ0) is 23.5. The van der Waals surface area contributed by atoms with Crippen molar-refractivity contribution < 1.29 is 14.8 Å². The summed E-state index contributed by atoms with van der Waals surface area (Å²) >= 11 is 0. The van der Waals surface area contributed by atoms with E-state index < -0.39 is 17.9 Å². The number of amides is 2. The van der Waals surface area contributed by atoms with Gasteiger partial charge in [0.1, 0.15) is 6.04 Å². The van der Waals surface area contributed by atoms with Gasteiger partial charge in [0, 0.05) is 48.7 Å². The van der Waals surface area contributed by atoms with Crippen LogP contribution in [0.1, 0.15) is 40.0 Å². The van der Waals surface area contributed by atoms with Crippen LogP contribution in [0, 0.1) is 11.8 Å². The molecular weight excluding hydrogens is 430 g/mol. The largest absolute Gasteiger partial charge is 0.339 e. The molecule has 0 unspecified atom stereocenters. The van der Waals surface area contributed by atoms with Crippen LogP contribution in [0.5, 0.6) is 0 Å². The van der Waals surface area contributed by atoms with E-state index in [1.165, 1.54) is 5.48 Å². The van der Waals surface area contributed by atoms with Crippen molar-refractivity contribution in [3.8, 4) is 11.8 Å². The summed E-state index contributed by atoms with van der Waals surface area (Å²) in [5, 5.41) is 14.5. The predicted molar refractivity (Wildman–Crippen MR) is 131 cm³/mol. The van der Waals surface area contributed by atoms with E-state index in [0.717, 1.165) is 35.3 Å². The normalized spacial score (nSPS) is 10.8. The number of hydrogen-bond donors (Lipinski definition) is 5. The maximum atomic E-state index is 12.2. The SMILES string of the molecule is C.NC[C@H](NC(=O)c1ccc(C#Cc2ccc(CNCc3cccnc3)cc2)cc1)C(=O)NO. The quantitative estimate of drug-likeness (QED) is 0.199. The van der Waals surface area contributed by atoms with Gasteiger partial charge in [-0.15, -0.1) is 0 Å². The molecule has 8 heteroatoms. The lowest BCUT2D eigenvalue weighted by molar-refractivity contribution is -0.130. The van der Waals surface area contributed by atoms with Crippen LogP contribution < -0.4 is 21.8 Å². The number of pyridine rings is 1. The fourth-order valence-electron chi connectivity index (χ4n) is 2.96. The molecule has 1 aromatic heterocycles. The zero-order valence-corrected chi connectivity index (χ0v) is 17.9. The molecule has 0 bridgehead atoms. The van der Waals surface area contributed by atoms with E-state index in [-0.39, 0.29) is 14.0 Å². The molecule has 0 spiro atoms. The number of nitrogens with one attached hydrogen (secondary N) is 3. The number of hydrogen-bond acceptors (Lipinski definition) is 6. The Morgan fingerprint density at radius 3 is 2.12 bits per heavy atom. The van der Waals surface area contributed by atoms with Gasteiger partial charge in [0.25, 0.3) is 11.8 Å². The molecule has 2 aromatic carbocycles. The second kappa shape index (κ2) is 13.5. The molecule has 0 radical (unpaired) electrons. The number of aromatic nitrogens is 1. The van der Waals surface area contributed by atoms with E-state index in [4.69, 9.17) is 10.9 Å². The number of carbonyl (C=O) groups is 2. The summed E-state index contributed by atoms with van der Waals surface area (Å²) < 4.78 is 0. The van der Waals surface area contributed by atoms with Gasteiger partial charge in [-0.2, -0.15) is 0 Å². The topological polar surface area (TPSA) is 129 Å². The molecule has 1 heterocycles. The molecule has 2 amide bonds. The Balaban J connectivity index is 0.00000408. The number of hydroxylamine groups is 1. The van der Waals surface area contributed by atoms with Crippen molar-refractivity contribution in [2.24, 2.45) is 5.73 Å². The van der Waals surface area contributed by atoms with Gasteiger partial charge >= 0.3 is 0 Å². The van der Waals surface area contributed by atoms with Crippen molar-refractivity contribution in [2.75, 3.05) is 6.54 Å². The highest BCUT2D eigenvalue weighted by Crippen LogP contribution is 2.07.